The normalized spacial score (nSPS) is 9.82. The Bertz CT molecular complexity index is 241. The van der Waals surface area contributed by atoms with Gasteiger partial charge in [0, 0.05) is 0 Å². The lowest BCUT2D eigenvalue weighted by atomic mass is 10.0. The Hall–Kier alpha value is -0.980. The van der Waals surface area contributed by atoms with Crippen molar-refractivity contribution in [2.45, 2.75) is 20.8 Å². The van der Waals surface area contributed by atoms with Crippen LogP contribution in [-0.2, 0) is 0 Å². The molecule has 59 valence electrons. The van der Waals surface area contributed by atoms with Crippen molar-refractivity contribution in [1.82, 2.24) is 0 Å². The quantitative estimate of drug-likeness (QED) is 0.596. The van der Waals surface area contributed by atoms with Gasteiger partial charge in [-0.3, -0.25) is 0 Å². The van der Waals surface area contributed by atoms with Gasteiger partial charge in [-0.2, -0.15) is 0 Å². The summed E-state index contributed by atoms with van der Waals surface area (Å²) in [7, 11) is 3.37. The van der Waals surface area contributed by atoms with E-state index >= 15 is 0 Å². The molecule has 0 saturated carbocycles. The second-order valence-corrected chi connectivity index (χ2v) is 2.83. The molecule has 1 radical (unpaired) electrons. The third-order valence-corrected chi connectivity index (χ3v) is 2.07. The highest BCUT2D eigenvalue weighted by Gasteiger charge is 1.99. The van der Waals surface area contributed by atoms with Gasteiger partial charge in [0.2, 0.25) is 0 Å². The standard InChI is InChI=1S/C10H13O/c1-7-5-10(11-4)6-8(2)9(7)3/h5-6H,4H2,1-3H3. The van der Waals surface area contributed by atoms with Gasteiger partial charge in [-0.15, -0.1) is 0 Å². The van der Waals surface area contributed by atoms with E-state index in [0.29, 0.717) is 0 Å². The van der Waals surface area contributed by atoms with Crippen LogP contribution in [0.1, 0.15) is 16.7 Å². The van der Waals surface area contributed by atoms with Crippen LogP contribution in [0.15, 0.2) is 12.1 Å². The molecule has 0 fully saturated rings. The lowest BCUT2D eigenvalue weighted by Crippen LogP contribution is -1.88. The van der Waals surface area contributed by atoms with Crippen molar-refractivity contribution in [3.63, 3.8) is 0 Å². The second-order valence-electron chi connectivity index (χ2n) is 2.83. The van der Waals surface area contributed by atoms with Crippen LogP contribution in [0.4, 0.5) is 0 Å². The van der Waals surface area contributed by atoms with Crippen LogP contribution in [0.5, 0.6) is 5.75 Å². The highest BCUT2D eigenvalue weighted by Crippen LogP contribution is 2.20. The molecule has 0 aliphatic rings. The van der Waals surface area contributed by atoms with Crippen LogP contribution in [0, 0.1) is 27.9 Å². The molecular weight excluding hydrogens is 136 g/mol. The van der Waals surface area contributed by atoms with Gasteiger partial charge in [0.1, 0.15) is 12.9 Å². The fourth-order valence-electron chi connectivity index (χ4n) is 1.08. The van der Waals surface area contributed by atoms with E-state index in [1.54, 1.807) is 0 Å². The molecule has 0 unspecified atom stereocenters. The summed E-state index contributed by atoms with van der Waals surface area (Å²) in [6.45, 7) is 6.26. The predicted octanol–water partition coefficient (Wildman–Crippen LogP) is 2.78. The molecule has 0 saturated heterocycles. The van der Waals surface area contributed by atoms with E-state index in [9.17, 15) is 0 Å². The Morgan fingerprint density at radius 2 is 1.55 bits per heavy atom. The van der Waals surface area contributed by atoms with Gasteiger partial charge in [-0.05, 0) is 49.6 Å². The molecule has 1 aromatic rings. The average molecular weight is 149 g/mol. The molecule has 1 aromatic carbocycles. The maximum absolute atomic E-state index is 4.88. The van der Waals surface area contributed by atoms with E-state index in [4.69, 9.17) is 4.74 Å². The fraction of sp³-hybridized carbons (Fsp3) is 0.300. The first-order valence-corrected chi connectivity index (χ1v) is 3.65. The van der Waals surface area contributed by atoms with Crippen molar-refractivity contribution in [2.24, 2.45) is 0 Å². The molecule has 1 rings (SSSR count). The van der Waals surface area contributed by atoms with Crippen molar-refractivity contribution < 1.29 is 4.74 Å². The molecule has 1 nitrogen and oxygen atoms in total. The van der Waals surface area contributed by atoms with Crippen molar-refractivity contribution >= 4 is 0 Å². The monoisotopic (exact) mass is 149 g/mol. The molecule has 0 amide bonds. The van der Waals surface area contributed by atoms with Crippen LogP contribution in [0.2, 0.25) is 0 Å². The van der Waals surface area contributed by atoms with Gasteiger partial charge in [-0.1, -0.05) is 0 Å². The van der Waals surface area contributed by atoms with E-state index in [-0.39, 0.29) is 0 Å². The molecule has 0 atom stereocenters. The van der Waals surface area contributed by atoms with Gasteiger partial charge in [0.25, 0.3) is 0 Å². The molecule has 1 heteroatoms. The first-order valence-electron chi connectivity index (χ1n) is 3.65. The van der Waals surface area contributed by atoms with E-state index in [1.807, 2.05) is 12.1 Å². The van der Waals surface area contributed by atoms with Crippen molar-refractivity contribution in [2.75, 3.05) is 0 Å². The lowest BCUT2D eigenvalue weighted by Gasteiger charge is -2.06. The van der Waals surface area contributed by atoms with E-state index < -0.39 is 0 Å². The maximum atomic E-state index is 4.88. The highest BCUT2D eigenvalue weighted by molar-refractivity contribution is 5.40. The van der Waals surface area contributed by atoms with Crippen LogP contribution in [0.25, 0.3) is 0 Å². The van der Waals surface area contributed by atoms with Gasteiger partial charge in [0.05, 0.1) is 0 Å². The average Bonchev–Trinajstić information content (AvgIpc) is 1.99. The summed E-state index contributed by atoms with van der Waals surface area (Å²) in [5.41, 5.74) is 3.83. The third kappa shape index (κ3) is 1.53. The Morgan fingerprint density at radius 1 is 1.09 bits per heavy atom. The van der Waals surface area contributed by atoms with Gasteiger partial charge in [-0.25, -0.2) is 0 Å². The minimum Gasteiger partial charge on any atom is -0.490 e. The zero-order valence-corrected chi connectivity index (χ0v) is 7.27. The smallest absolute Gasteiger partial charge is 0.122 e. The van der Waals surface area contributed by atoms with Crippen molar-refractivity contribution in [3.05, 3.63) is 35.9 Å². The number of rotatable bonds is 1. The number of hydrogen-bond acceptors (Lipinski definition) is 1. The summed E-state index contributed by atoms with van der Waals surface area (Å²) < 4.78 is 4.88. The Balaban J connectivity index is 3.21. The molecule has 0 heterocycles. The molecular formula is C10H13O. The van der Waals surface area contributed by atoms with Crippen molar-refractivity contribution in [1.29, 1.82) is 0 Å². The van der Waals surface area contributed by atoms with Crippen LogP contribution >= 0.6 is 0 Å². The third-order valence-electron chi connectivity index (χ3n) is 2.07. The molecule has 0 aliphatic carbocycles. The SMILES string of the molecule is [CH2]Oc1cc(C)c(C)c(C)c1. The molecule has 0 aliphatic heterocycles. The Kier molecular flexibility index (Phi) is 2.18. The number of benzene rings is 1. The maximum Gasteiger partial charge on any atom is 0.122 e. The summed E-state index contributed by atoms with van der Waals surface area (Å²) in [5, 5.41) is 0. The Morgan fingerprint density at radius 3 is 1.91 bits per heavy atom. The topological polar surface area (TPSA) is 9.23 Å². The molecule has 0 N–H and O–H groups in total. The van der Waals surface area contributed by atoms with Crippen LogP contribution in [-0.4, -0.2) is 0 Å². The largest absolute Gasteiger partial charge is 0.490 e. The Labute approximate surface area is 68.0 Å². The zero-order chi connectivity index (χ0) is 8.43. The highest BCUT2D eigenvalue weighted by atomic mass is 16.5. The number of hydrogen-bond donors (Lipinski definition) is 0. The summed E-state index contributed by atoms with van der Waals surface area (Å²) in [6, 6.07) is 3.99. The molecule has 0 bridgehead atoms. The molecule has 11 heavy (non-hydrogen) atoms. The number of ether oxygens (including phenoxy) is 1. The minimum atomic E-state index is 0.839. The van der Waals surface area contributed by atoms with Gasteiger partial charge in [0.15, 0.2) is 0 Å². The van der Waals surface area contributed by atoms with Crippen molar-refractivity contribution in [3.8, 4) is 5.75 Å². The minimum absolute atomic E-state index is 0.839. The van der Waals surface area contributed by atoms with Crippen LogP contribution in [0.3, 0.4) is 0 Å². The van der Waals surface area contributed by atoms with Crippen LogP contribution < -0.4 is 4.74 Å². The van der Waals surface area contributed by atoms with Gasteiger partial charge >= 0.3 is 0 Å². The second kappa shape index (κ2) is 2.95. The first-order chi connectivity index (χ1) is 5.15. The summed E-state index contributed by atoms with van der Waals surface area (Å²) in [5.74, 6) is 0.839. The molecule has 0 aromatic heterocycles. The van der Waals surface area contributed by atoms with Gasteiger partial charge < -0.3 is 4.74 Å². The fourth-order valence-corrected chi connectivity index (χ4v) is 1.08. The lowest BCUT2D eigenvalue weighted by molar-refractivity contribution is 0.472. The predicted molar refractivity (Wildman–Crippen MR) is 46.6 cm³/mol. The van der Waals surface area contributed by atoms with E-state index in [0.717, 1.165) is 5.75 Å². The summed E-state index contributed by atoms with van der Waals surface area (Å²) >= 11 is 0. The molecule has 0 spiro atoms. The summed E-state index contributed by atoms with van der Waals surface area (Å²) in [6.07, 6.45) is 0. The zero-order valence-electron chi connectivity index (χ0n) is 7.27. The summed E-state index contributed by atoms with van der Waals surface area (Å²) in [4.78, 5) is 0. The number of aryl methyl sites for hydroxylation is 2. The van der Waals surface area contributed by atoms with E-state index in [1.165, 1.54) is 16.7 Å². The first kappa shape index (κ1) is 8.12. The van der Waals surface area contributed by atoms with E-state index in [2.05, 4.69) is 27.9 Å².